The van der Waals surface area contributed by atoms with Crippen LogP contribution < -0.4 is 5.32 Å². The molecule has 3 aromatic rings. The number of para-hydroxylation sites is 1. The first-order chi connectivity index (χ1) is 10.3. The molecule has 1 aromatic carbocycles. The van der Waals surface area contributed by atoms with Gasteiger partial charge in [0.15, 0.2) is 0 Å². The van der Waals surface area contributed by atoms with Gasteiger partial charge in [0.05, 0.1) is 22.3 Å². The molecule has 1 unspecified atom stereocenters. The summed E-state index contributed by atoms with van der Waals surface area (Å²) in [5, 5.41) is 5.17. The standard InChI is InChI=1S/C17H16ClN3/c1-19-17(16-7-6-13(18)11-21-16)10-12-8-9-20-15-5-3-2-4-14(12)15/h2-9,11,17,19H,10H2,1H3. The second-order valence-corrected chi connectivity index (χ2v) is 5.37. The first kappa shape index (κ1) is 14.0. The molecule has 21 heavy (non-hydrogen) atoms. The first-order valence-corrected chi connectivity index (χ1v) is 7.27. The highest BCUT2D eigenvalue weighted by Crippen LogP contribution is 2.23. The van der Waals surface area contributed by atoms with Gasteiger partial charge in [-0.05, 0) is 43.3 Å². The first-order valence-electron chi connectivity index (χ1n) is 6.89. The van der Waals surface area contributed by atoms with Crippen molar-refractivity contribution in [2.24, 2.45) is 0 Å². The van der Waals surface area contributed by atoms with E-state index in [0.29, 0.717) is 5.02 Å². The van der Waals surface area contributed by atoms with Crippen LogP contribution in [0.4, 0.5) is 0 Å². The fraction of sp³-hybridized carbons (Fsp3) is 0.176. The van der Waals surface area contributed by atoms with E-state index in [1.807, 2.05) is 43.6 Å². The molecule has 0 saturated heterocycles. The maximum atomic E-state index is 5.91. The van der Waals surface area contributed by atoms with Crippen molar-refractivity contribution in [1.82, 2.24) is 15.3 Å². The number of nitrogens with one attached hydrogen (secondary N) is 1. The summed E-state index contributed by atoms with van der Waals surface area (Å²) in [5.74, 6) is 0. The number of likely N-dealkylation sites (N-methyl/N-ethyl adjacent to an activating group) is 1. The molecular formula is C17H16ClN3. The van der Waals surface area contributed by atoms with E-state index in [2.05, 4.69) is 27.4 Å². The van der Waals surface area contributed by atoms with Crippen LogP contribution in [0.15, 0.2) is 54.9 Å². The normalized spacial score (nSPS) is 12.5. The minimum Gasteiger partial charge on any atom is -0.311 e. The van der Waals surface area contributed by atoms with Crippen LogP contribution in [0.5, 0.6) is 0 Å². The summed E-state index contributed by atoms with van der Waals surface area (Å²) in [6.45, 7) is 0. The van der Waals surface area contributed by atoms with Crippen LogP contribution in [-0.4, -0.2) is 17.0 Å². The van der Waals surface area contributed by atoms with E-state index in [1.54, 1.807) is 6.20 Å². The molecule has 0 fully saturated rings. The lowest BCUT2D eigenvalue weighted by molar-refractivity contribution is 0.577. The molecule has 4 heteroatoms. The van der Waals surface area contributed by atoms with E-state index in [1.165, 1.54) is 10.9 Å². The fourth-order valence-electron chi connectivity index (χ4n) is 2.50. The van der Waals surface area contributed by atoms with Gasteiger partial charge >= 0.3 is 0 Å². The molecule has 2 heterocycles. The van der Waals surface area contributed by atoms with Crippen LogP contribution in [0.2, 0.25) is 5.02 Å². The largest absolute Gasteiger partial charge is 0.311 e. The lowest BCUT2D eigenvalue weighted by Crippen LogP contribution is -2.20. The molecule has 0 spiro atoms. The number of aromatic nitrogens is 2. The van der Waals surface area contributed by atoms with E-state index in [4.69, 9.17) is 11.6 Å². The van der Waals surface area contributed by atoms with Gasteiger partial charge in [-0.15, -0.1) is 0 Å². The average Bonchev–Trinajstić information content (AvgIpc) is 2.54. The Labute approximate surface area is 129 Å². The minimum absolute atomic E-state index is 0.146. The molecule has 1 atom stereocenters. The highest BCUT2D eigenvalue weighted by molar-refractivity contribution is 6.30. The molecule has 0 saturated carbocycles. The van der Waals surface area contributed by atoms with Crippen LogP contribution in [0.25, 0.3) is 10.9 Å². The zero-order chi connectivity index (χ0) is 14.7. The predicted molar refractivity (Wildman–Crippen MR) is 86.5 cm³/mol. The van der Waals surface area contributed by atoms with Gasteiger partial charge in [0.1, 0.15) is 0 Å². The van der Waals surface area contributed by atoms with Gasteiger partial charge in [-0.1, -0.05) is 29.8 Å². The average molecular weight is 298 g/mol. The smallest absolute Gasteiger partial charge is 0.0704 e. The van der Waals surface area contributed by atoms with Crippen molar-refractivity contribution < 1.29 is 0 Å². The summed E-state index contributed by atoms with van der Waals surface area (Å²) in [4.78, 5) is 8.82. The maximum absolute atomic E-state index is 5.91. The van der Waals surface area contributed by atoms with Crippen LogP contribution >= 0.6 is 11.6 Å². The van der Waals surface area contributed by atoms with Crippen molar-refractivity contribution in [3.05, 3.63) is 71.1 Å². The lowest BCUT2D eigenvalue weighted by Gasteiger charge is -2.17. The summed E-state index contributed by atoms with van der Waals surface area (Å²) in [6.07, 6.45) is 4.40. The van der Waals surface area contributed by atoms with Gasteiger partial charge in [0.25, 0.3) is 0 Å². The fourth-order valence-corrected chi connectivity index (χ4v) is 2.61. The molecule has 0 aliphatic carbocycles. The van der Waals surface area contributed by atoms with Gasteiger partial charge < -0.3 is 5.32 Å². The van der Waals surface area contributed by atoms with Gasteiger partial charge in [-0.2, -0.15) is 0 Å². The van der Waals surface area contributed by atoms with E-state index in [9.17, 15) is 0 Å². The summed E-state index contributed by atoms with van der Waals surface area (Å²) < 4.78 is 0. The highest BCUT2D eigenvalue weighted by Gasteiger charge is 2.13. The summed E-state index contributed by atoms with van der Waals surface area (Å²) in [5.41, 5.74) is 3.27. The summed E-state index contributed by atoms with van der Waals surface area (Å²) in [6, 6.07) is 14.3. The van der Waals surface area contributed by atoms with Crippen LogP contribution in [0.1, 0.15) is 17.3 Å². The number of hydrogen-bond donors (Lipinski definition) is 1. The molecule has 2 aromatic heterocycles. The maximum Gasteiger partial charge on any atom is 0.0704 e. The Morgan fingerprint density at radius 2 is 1.95 bits per heavy atom. The monoisotopic (exact) mass is 297 g/mol. The Hall–Kier alpha value is -1.97. The Morgan fingerprint density at radius 1 is 1.10 bits per heavy atom. The molecule has 1 N–H and O–H groups in total. The van der Waals surface area contributed by atoms with Crippen molar-refractivity contribution in [3.8, 4) is 0 Å². The number of hydrogen-bond acceptors (Lipinski definition) is 3. The lowest BCUT2D eigenvalue weighted by atomic mass is 9.99. The van der Waals surface area contributed by atoms with Crippen molar-refractivity contribution in [3.63, 3.8) is 0 Å². The Bertz CT molecular complexity index is 735. The van der Waals surface area contributed by atoms with E-state index in [0.717, 1.165) is 17.6 Å². The van der Waals surface area contributed by atoms with Gasteiger partial charge in [-0.3, -0.25) is 9.97 Å². The molecule has 0 aliphatic rings. The second-order valence-electron chi connectivity index (χ2n) is 4.93. The predicted octanol–water partition coefficient (Wildman–Crippen LogP) is 3.79. The topological polar surface area (TPSA) is 37.8 Å². The van der Waals surface area contributed by atoms with Gasteiger partial charge in [0.2, 0.25) is 0 Å². The second kappa shape index (κ2) is 6.20. The molecule has 106 valence electrons. The number of benzene rings is 1. The summed E-state index contributed by atoms with van der Waals surface area (Å²) in [7, 11) is 1.95. The molecule has 0 aliphatic heterocycles. The number of halogens is 1. The third-order valence-corrected chi connectivity index (χ3v) is 3.84. The number of fused-ring (bicyclic) bond motifs is 1. The van der Waals surface area contributed by atoms with Gasteiger partial charge in [0, 0.05) is 17.8 Å². The zero-order valence-electron chi connectivity index (χ0n) is 11.8. The highest BCUT2D eigenvalue weighted by atomic mass is 35.5. The van der Waals surface area contributed by atoms with Crippen LogP contribution in [0, 0.1) is 0 Å². The Kier molecular flexibility index (Phi) is 4.13. The van der Waals surface area contributed by atoms with Crippen LogP contribution in [0.3, 0.4) is 0 Å². The molecule has 0 bridgehead atoms. The van der Waals surface area contributed by atoms with E-state index < -0.39 is 0 Å². The number of pyridine rings is 2. The summed E-state index contributed by atoms with van der Waals surface area (Å²) >= 11 is 5.91. The third-order valence-electron chi connectivity index (χ3n) is 3.62. The molecule has 3 rings (SSSR count). The van der Waals surface area contributed by atoms with Gasteiger partial charge in [-0.25, -0.2) is 0 Å². The number of rotatable bonds is 4. The van der Waals surface area contributed by atoms with Crippen LogP contribution in [-0.2, 0) is 6.42 Å². The Morgan fingerprint density at radius 3 is 2.71 bits per heavy atom. The molecule has 0 amide bonds. The molecule has 3 nitrogen and oxygen atoms in total. The van der Waals surface area contributed by atoms with Crippen molar-refractivity contribution in [1.29, 1.82) is 0 Å². The Balaban J connectivity index is 1.94. The SMILES string of the molecule is CNC(Cc1ccnc2ccccc12)c1ccc(Cl)cn1. The van der Waals surface area contributed by atoms with E-state index in [-0.39, 0.29) is 6.04 Å². The van der Waals surface area contributed by atoms with Crippen molar-refractivity contribution >= 4 is 22.5 Å². The molecular weight excluding hydrogens is 282 g/mol. The van der Waals surface area contributed by atoms with Crippen molar-refractivity contribution in [2.75, 3.05) is 7.05 Å². The third kappa shape index (κ3) is 3.04. The minimum atomic E-state index is 0.146. The number of nitrogens with zero attached hydrogens (tertiary/aromatic N) is 2. The zero-order valence-corrected chi connectivity index (χ0v) is 12.5. The molecule has 0 radical (unpaired) electrons. The quantitative estimate of drug-likeness (QED) is 0.796. The van der Waals surface area contributed by atoms with E-state index >= 15 is 0 Å². The van der Waals surface area contributed by atoms with Crippen molar-refractivity contribution in [2.45, 2.75) is 12.5 Å².